The molecule has 0 unspecified atom stereocenters. The average Bonchev–Trinajstić information content (AvgIpc) is 1.65. The monoisotopic (exact) mass is 1800 g/mol. The van der Waals surface area contributed by atoms with E-state index in [0.717, 1.165) is 26.5 Å². The summed E-state index contributed by atoms with van der Waals surface area (Å²) in [6, 6.07) is -6.09. The zero-order valence-electron chi connectivity index (χ0n) is 71.0. The summed E-state index contributed by atoms with van der Waals surface area (Å²) in [5.74, 6) is -22.2. The van der Waals surface area contributed by atoms with Gasteiger partial charge < -0.3 is 121 Å². The van der Waals surface area contributed by atoms with E-state index < -0.39 is 278 Å². The Bertz CT molecular complexity index is 4400. The van der Waals surface area contributed by atoms with Crippen molar-refractivity contribution in [2.75, 3.05) is 63.9 Å². The maximum atomic E-state index is 15.6. The van der Waals surface area contributed by atoms with E-state index in [0.29, 0.717) is 16.8 Å². The van der Waals surface area contributed by atoms with Crippen molar-refractivity contribution < 1.29 is 101 Å². The highest BCUT2D eigenvalue weighted by Gasteiger charge is 2.44. The molecule has 44 nitrogen and oxygen atoms in total. The SMILES string of the molecule is CC[C@H](C)[C@@H]1NC(=O)[C@@H]2CCCN2C(=O)CNC(=O)CNC(=O)[C@H](CCCNC(=N)N)NC(=O)CNC(=O)[C@H](C(C)C)NC(=O)[C@H](Cc2ccccc2)NC(=O)[C@H](Cc2ccc(O)cc2)NC(=O)[C@@H]2CSSC[C@H](NC(=O)[C@H](CCC(=O)O)NC1=O)C(=O)NCC(=O)N[C@@H](C)C(=O)NCC(=O)N[C@@H](Cc1cnc[nH]1)C(=O)N[C@@H](C(C)C)C(=O)N1CCC[C@H]1C(=O)N2. The van der Waals surface area contributed by atoms with Crippen LogP contribution in [0.25, 0.3) is 0 Å². The van der Waals surface area contributed by atoms with Gasteiger partial charge in [0.1, 0.15) is 84.3 Å². The minimum absolute atomic E-state index is 0.00733. The molecular formula is C80H115N23O21S2. The average molecular weight is 1800 g/mol. The molecule has 1 aromatic heterocycles. The molecule has 3 aromatic rings. The number of guanidine groups is 1. The molecule has 688 valence electrons. The normalized spacial score (nSPS) is 25.7. The third kappa shape index (κ3) is 31.8. The number of nitrogens with two attached hydrogens (primary N) is 1. The number of rotatable bonds is 17. The van der Waals surface area contributed by atoms with Crippen molar-refractivity contribution in [3.63, 3.8) is 0 Å². The number of carbonyl (C=O) groups is 19. The van der Waals surface area contributed by atoms with Gasteiger partial charge in [0, 0.05) is 68.7 Å². The molecule has 0 saturated carbocycles. The Morgan fingerprint density at radius 1 is 0.508 bits per heavy atom. The molecule has 7 rings (SSSR count). The first kappa shape index (κ1) is 100. The van der Waals surface area contributed by atoms with Crippen molar-refractivity contribution in [3.8, 4) is 5.75 Å². The molecule has 0 spiro atoms. The number of fused-ring (bicyclic) bond motifs is 7. The number of nitrogens with one attached hydrogen (secondary N) is 19. The lowest BCUT2D eigenvalue weighted by molar-refractivity contribution is -0.143. The number of H-pyrrole nitrogens is 1. The molecule has 126 heavy (non-hydrogen) atoms. The highest BCUT2D eigenvalue weighted by atomic mass is 33.1. The molecule has 2 aromatic carbocycles. The van der Waals surface area contributed by atoms with Gasteiger partial charge in [-0.05, 0) is 92.9 Å². The van der Waals surface area contributed by atoms with Gasteiger partial charge >= 0.3 is 5.97 Å². The van der Waals surface area contributed by atoms with Gasteiger partial charge in [-0.3, -0.25) is 96.5 Å². The Morgan fingerprint density at radius 2 is 0.992 bits per heavy atom. The van der Waals surface area contributed by atoms with Crippen molar-refractivity contribution in [1.82, 2.24) is 110 Å². The fraction of sp³-hybridized carbons (Fsp3) is 0.562. The molecule has 0 radical (unpaired) electrons. The zero-order valence-corrected chi connectivity index (χ0v) is 72.7. The first-order chi connectivity index (χ1) is 59.9. The van der Waals surface area contributed by atoms with E-state index in [4.69, 9.17) is 11.1 Å². The lowest BCUT2D eigenvalue weighted by atomic mass is 9.97. The summed E-state index contributed by atoms with van der Waals surface area (Å²) >= 11 is 0. The second-order valence-corrected chi connectivity index (χ2v) is 34.1. The van der Waals surface area contributed by atoms with Crippen LogP contribution in [-0.4, -0.2) is 291 Å². The molecule has 18 amide bonds. The van der Waals surface area contributed by atoms with Crippen LogP contribution in [0.1, 0.15) is 123 Å². The number of aromatic hydroxyl groups is 1. The number of benzene rings is 2. The number of amides is 18. The van der Waals surface area contributed by atoms with Gasteiger partial charge in [-0.2, -0.15) is 0 Å². The molecule has 4 fully saturated rings. The Kier molecular flexibility index (Phi) is 39.7. The number of aromatic nitrogens is 2. The van der Waals surface area contributed by atoms with Crippen LogP contribution in [0.5, 0.6) is 5.75 Å². The fourth-order valence-electron chi connectivity index (χ4n) is 13.9. The third-order valence-corrected chi connectivity index (χ3v) is 23.6. The van der Waals surface area contributed by atoms with E-state index in [1.165, 1.54) is 48.6 Å². The predicted octanol–water partition coefficient (Wildman–Crippen LogP) is -6.05. The molecule has 14 atom stereocenters. The Labute approximate surface area is 734 Å². The van der Waals surface area contributed by atoms with Crippen LogP contribution in [0.15, 0.2) is 67.1 Å². The molecule has 2 bridgehead atoms. The molecule has 5 heterocycles. The second kappa shape index (κ2) is 49.7. The molecular weight excluding hydrogens is 1680 g/mol. The number of carboxylic acids is 1. The summed E-state index contributed by atoms with van der Waals surface area (Å²) in [7, 11) is 1.57. The second-order valence-electron chi connectivity index (χ2n) is 31.6. The number of carbonyl (C=O) groups excluding carboxylic acids is 18. The van der Waals surface area contributed by atoms with Gasteiger partial charge in [0.2, 0.25) is 106 Å². The maximum Gasteiger partial charge on any atom is 0.303 e. The maximum absolute atomic E-state index is 15.6. The van der Waals surface area contributed by atoms with Crippen LogP contribution >= 0.6 is 21.6 Å². The first-order valence-corrected chi connectivity index (χ1v) is 44.0. The third-order valence-electron chi connectivity index (χ3n) is 21.2. The number of imidazole rings is 1. The number of hydrogen-bond donors (Lipinski definition) is 22. The van der Waals surface area contributed by atoms with Gasteiger partial charge in [0.25, 0.3) is 0 Å². The number of phenolic OH excluding ortho intramolecular Hbond substituents is 1. The minimum Gasteiger partial charge on any atom is -0.508 e. The van der Waals surface area contributed by atoms with Crippen molar-refractivity contribution in [1.29, 1.82) is 5.41 Å². The van der Waals surface area contributed by atoms with E-state index >= 15 is 19.2 Å². The smallest absolute Gasteiger partial charge is 0.303 e. The van der Waals surface area contributed by atoms with Gasteiger partial charge in [-0.1, -0.05) is 112 Å². The van der Waals surface area contributed by atoms with E-state index in [9.17, 15) is 82.1 Å². The van der Waals surface area contributed by atoms with Crippen LogP contribution in [0.4, 0.5) is 0 Å². The summed E-state index contributed by atoms with van der Waals surface area (Å²) in [5.41, 5.74) is 6.63. The van der Waals surface area contributed by atoms with Crippen molar-refractivity contribution >= 4 is 140 Å². The minimum atomic E-state index is -1.82. The fourth-order valence-corrected chi connectivity index (χ4v) is 16.3. The van der Waals surface area contributed by atoms with Crippen molar-refractivity contribution in [2.45, 2.75) is 204 Å². The predicted molar refractivity (Wildman–Crippen MR) is 456 cm³/mol. The topological polar surface area (TPSA) is 654 Å². The molecule has 46 heteroatoms. The number of carboxylic acid groups (broad SMARTS) is 1. The molecule has 23 N–H and O–H groups in total. The van der Waals surface area contributed by atoms with E-state index in [2.05, 4.69) is 100 Å². The van der Waals surface area contributed by atoms with E-state index in [1.807, 2.05) is 0 Å². The van der Waals surface area contributed by atoms with E-state index in [1.54, 1.807) is 71.9 Å². The number of aromatic amines is 1. The molecule has 4 aliphatic heterocycles. The standard InChI is InChI=1S/C80H115N23O21S2/c1-8-43(6)66-78(123)94-50(24-25-63(110)111)70(115)97-54-38-125-126-39-55(98-75(120)57-19-14-28-103(57)79(124)65(42(4)5)100-73(118)53(31-47-32-83-40-90-47)93-61(108)35-86-67(112)44(7)91-59(106)34-88-69(54)114)74(119)96-51(30-46-20-22-48(104)23-21-46)71(116)95-52(29-45-15-10-9-11-16-45)72(117)99-64(41(2)3)77(122)89-36-60(107)92-49(17-12-26-84-80(81)82)68(113)87-33-58(105)85-37-62(109)102-27-13-18-56(102)76(121)101-66/h9-11,15-16,20-23,32,40-44,49-57,64-66,104H,8,12-14,17-19,24-31,33-39H2,1-7H3,(H,83,90)(H,85,105)(H,86,112)(H,87,113)(H,88,114)(H,89,122)(H,91,106)(H,92,107)(H,93,108)(H,94,123)(H,95,116)(H,96,119)(H,97,115)(H,98,120)(H,99,117)(H,100,118)(H,101,121)(H,110,111)(H4,81,82,84)/t43-,44-,49-,50-,51-,52-,53-,54-,55-,56-,57-,64-,65-,66-/m0/s1. The van der Waals surface area contributed by atoms with Crippen LogP contribution < -0.4 is 96.1 Å². The summed E-state index contributed by atoms with van der Waals surface area (Å²) in [6.45, 7) is 6.97. The molecule has 4 saturated heterocycles. The van der Waals surface area contributed by atoms with Crippen LogP contribution in [0.2, 0.25) is 0 Å². The zero-order chi connectivity index (χ0) is 92.4. The van der Waals surface area contributed by atoms with Crippen molar-refractivity contribution in [3.05, 3.63) is 83.9 Å². The quantitative estimate of drug-likeness (QED) is 0.0259. The number of nitrogens with zero attached hydrogens (tertiary/aromatic N) is 3. The highest BCUT2D eigenvalue weighted by Crippen LogP contribution is 2.27. The van der Waals surface area contributed by atoms with Gasteiger partial charge in [0.15, 0.2) is 5.96 Å². The van der Waals surface area contributed by atoms with Gasteiger partial charge in [0.05, 0.1) is 39.1 Å². The lowest BCUT2D eigenvalue weighted by Gasteiger charge is -2.32. The van der Waals surface area contributed by atoms with Crippen LogP contribution in [-0.2, 0) is 110 Å². The summed E-state index contributed by atoms with van der Waals surface area (Å²) in [4.78, 5) is 281. The van der Waals surface area contributed by atoms with E-state index in [-0.39, 0.29) is 83.2 Å². The van der Waals surface area contributed by atoms with Crippen LogP contribution in [0, 0.1) is 23.2 Å². The summed E-state index contributed by atoms with van der Waals surface area (Å²) < 4.78 is 0. The molecule has 0 aliphatic carbocycles. The Hall–Kier alpha value is -12.6. The number of aliphatic carboxylic acids is 1. The largest absolute Gasteiger partial charge is 0.508 e. The molecule has 4 aliphatic rings. The Morgan fingerprint density at radius 3 is 1.59 bits per heavy atom. The van der Waals surface area contributed by atoms with Crippen molar-refractivity contribution in [2.24, 2.45) is 23.5 Å². The summed E-state index contributed by atoms with van der Waals surface area (Å²) in [5, 5.41) is 71.3. The van der Waals surface area contributed by atoms with Gasteiger partial charge in [-0.25, -0.2) is 4.98 Å². The van der Waals surface area contributed by atoms with Gasteiger partial charge in [-0.15, -0.1) is 0 Å². The number of phenols is 1. The number of hydrogen-bond acceptors (Lipinski definition) is 24. The lowest BCUT2D eigenvalue weighted by Crippen LogP contribution is -2.61. The highest BCUT2D eigenvalue weighted by molar-refractivity contribution is 8.76. The summed E-state index contributed by atoms with van der Waals surface area (Å²) in [6.07, 6.45) is 1.15. The Balaban J connectivity index is 1.32. The first-order valence-electron chi connectivity index (χ1n) is 41.5. The van der Waals surface area contributed by atoms with Crippen LogP contribution in [0.3, 0.4) is 0 Å².